The third-order valence-electron chi connectivity index (χ3n) is 3.21. The highest BCUT2D eigenvalue weighted by molar-refractivity contribution is 5.30. The molecule has 1 aliphatic rings. The minimum Gasteiger partial charge on any atom is -0.494 e. The molecule has 0 spiro atoms. The van der Waals surface area contributed by atoms with E-state index in [1.165, 1.54) is 13.2 Å². The molecule has 1 N–H and O–H groups in total. The molecule has 0 radical (unpaired) electrons. The predicted octanol–water partition coefficient (Wildman–Crippen LogP) is 2.54. The highest BCUT2D eigenvalue weighted by Crippen LogP contribution is 2.39. The van der Waals surface area contributed by atoms with Crippen molar-refractivity contribution in [1.82, 2.24) is 0 Å². The molecule has 1 fully saturated rings. The van der Waals surface area contributed by atoms with Crippen molar-refractivity contribution in [2.45, 2.75) is 31.8 Å². The van der Waals surface area contributed by atoms with Crippen LogP contribution in [0, 0.1) is 11.7 Å². The summed E-state index contributed by atoms with van der Waals surface area (Å²) in [6, 6.07) is 4.86. The molecular formula is C13H17FO2. The van der Waals surface area contributed by atoms with E-state index >= 15 is 0 Å². The molecule has 1 saturated carbocycles. The van der Waals surface area contributed by atoms with Gasteiger partial charge in [-0.25, -0.2) is 4.39 Å². The lowest BCUT2D eigenvalue weighted by molar-refractivity contribution is -0.0666. The topological polar surface area (TPSA) is 29.5 Å². The van der Waals surface area contributed by atoms with Crippen LogP contribution in [0.4, 0.5) is 4.39 Å². The van der Waals surface area contributed by atoms with Crippen LogP contribution in [-0.4, -0.2) is 17.8 Å². The largest absolute Gasteiger partial charge is 0.494 e. The number of hydrogen-bond donors (Lipinski definition) is 1. The van der Waals surface area contributed by atoms with E-state index in [1.807, 2.05) is 6.07 Å². The Morgan fingerprint density at radius 2 is 2.19 bits per heavy atom. The first kappa shape index (κ1) is 11.4. The van der Waals surface area contributed by atoms with Crippen LogP contribution < -0.4 is 4.74 Å². The van der Waals surface area contributed by atoms with Gasteiger partial charge in [0.05, 0.1) is 12.7 Å². The fourth-order valence-corrected chi connectivity index (χ4v) is 2.58. The molecule has 0 unspecified atom stereocenters. The van der Waals surface area contributed by atoms with Gasteiger partial charge in [-0.2, -0.15) is 0 Å². The molecule has 0 atom stereocenters. The normalized spacial score (nSPS) is 28.6. The molecule has 0 aromatic heterocycles. The smallest absolute Gasteiger partial charge is 0.165 e. The Bertz CT molecular complexity index is 384. The maximum Gasteiger partial charge on any atom is 0.165 e. The minimum absolute atomic E-state index is 0.248. The van der Waals surface area contributed by atoms with Crippen LogP contribution in [0.5, 0.6) is 5.75 Å². The molecule has 1 aromatic carbocycles. The lowest BCUT2D eigenvalue weighted by Crippen LogP contribution is -2.44. The molecule has 16 heavy (non-hydrogen) atoms. The molecular weight excluding hydrogens is 207 g/mol. The first-order valence-electron chi connectivity index (χ1n) is 5.57. The van der Waals surface area contributed by atoms with Gasteiger partial charge in [-0.15, -0.1) is 0 Å². The summed E-state index contributed by atoms with van der Waals surface area (Å²) in [4.78, 5) is 0. The van der Waals surface area contributed by atoms with Crippen LogP contribution in [0.2, 0.25) is 0 Å². The maximum absolute atomic E-state index is 13.4. The Morgan fingerprint density at radius 3 is 2.69 bits per heavy atom. The van der Waals surface area contributed by atoms with Crippen molar-refractivity contribution in [3.63, 3.8) is 0 Å². The van der Waals surface area contributed by atoms with E-state index in [4.69, 9.17) is 4.74 Å². The van der Waals surface area contributed by atoms with Gasteiger partial charge in [0.1, 0.15) is 0 Å². The average molecular weight is 224 g/mol. The lowest BCUT2D eigenvalue weighted by Gasteiger charge is -2.42. The first-order chi connectivity index (χ1) is 7.52. The number of hydrogen-bond acceptors (Lipinski definition) is 2. The van der Waals surface area contributed by atoms with E-state index in [0.717, 1.165) is 18.4 Å². The van der Waals surface area contributed by atoms with E-state index in [2.05, 4.69) is 6.92 Å². The van der Waals surface area contributed by atoms with Crippen molar-refractivity contribution in [2.75, 3.05) is 7.11 Å². The Balaban J connectivity index is 2.08. The number of ether oxygens (including phenoxy) is 1. The number of benzene rings is 1. The highest BCUT2D eigenvalue weighted by Gasteiger charge is 2.39. The molecule has 0 amide bonds. The van der Waals surface area contributed by atoms with E-state index in [9.17, 15) is 9.50 Å². The molecule has 2 rings (SSSR count). The van der Waals surface area contributed by atoms with E-state index < -0.39 is 5.60 Å². The molecule has 0 saturated heterocycles. The quantitative estimate of drug-likeness (QED) is 0.855. The second-order valence-corrected chi connectivity index (χ2v) is 4.88. The van der Waals surface area contributed by atoms with Gasteiger partial charge >= 0.3 is 0 Å². The van der Waals surface area contributed by atoms with Gasteiger partial charge in [0.25, 0.3) is 0 Å². The third kappa shape index (κ3) is 2.19. The summed E-state index contributed by atoms with van der Waals surface area (Å²) in [6.45, 7) is 2.11. The molecule has 2 nitrogen and oxygen atoms in total. The van der Waals surface area contributed by atoms with Crippen molar-refractivity contribution < 1.29 is 14.2 Å². The van der Waals surface area contributed by atoms with Crippen molar-refractivity contribution >= 4 is 0 Å². The lowest BCUT2D eigenvalue weighted by atomic mass is 9.69. The molecule has 1 aromatic rings. The minimum atomic E-state index is -0.625. The van der Waals surface area contributed by atoms with Crippen molar-refractivity contribution in [1.29, 1.82) is 0 Å². The monoisotopic (exact) mass is 224 g/mol. The Kier molecular flexibility index (Phi) is 2.89. The second kappa shape index (κ2) is 4.06. The third-order valence-corrected chi connectivity index (χ3v) is 3.21. The second-order valence-electron chi connectivity index (χ2n) is 4.88. The summed E-state index contributed by atoms with van der Waals surface area (Å²) >= 11 is 0. The van der Waals surface area contributed by atoms with Gasteiger partial charge in [-0.3, -0.25) is 0 Å². The Labute approximate surface area is 95.1 Å². The van der Waals surface area contributed by atoms with Crippen LogP contribution in [0.3, 0.4) is 0 Å². The SMILES string of the molecule is COc1ccc(CC2(O)CC(C)C2)cc1F. The first-order valence-corrected chi connectivity index (χ1v) is 5.57. The fourth-order valence-electron chi connectivity index (χ4n) is 2.58. The number of halogens is 1. The Hall–Kier alpha value is -1.09. The van der Waals surface area contributed by atoms with Gasteiger partial charge in [0.15, 0.2) is 11.6 Å². The predicted molar refractivity (Wildman–Crippen MR) is 60.0 cm³/mol. The van der Waals surface area contributed by atoms with Crippen LogP contribution in [0.15, 0.2) is 18.2 Å². The fraction of sp³-hybridized carbons (Fsp3) is 0.538. The zero-order chi connectivity index (χ0) is 11.8. The number of methoxy groups -OCH3 is 1. The number of rotatable bonds is 3. The average Bonchev–Trinajstić information content (AvgIpc) is 2.15. The van der Waals surface area contributed by atoms with Crippen LogP contribution in [0.1, 0.15) is 25.3 Å². The summed E-state index contributed by atoms with van der Waals surface area (Å²) in [6.07, 6.45) is 2.14. The van der Waals surface area contributed by atoms with Crippen LogP contribution in [0.25, 0.3) is 0 Å². The van der Waals surface area contributed by atoms with Crippen LogP contribution >= 0.6 is 0 Å². The molecule has 0 bridgehead atoms. The van der Waals surface area contributed by atoms with Crippen molar-refractivity contribution in [3.05, 3.63) is 29.6 Å². The van der Waals surface area contributed by atoms with Crippen molar-refractivity contribution in [2.24, 2.45) is 5.92 Å². The molecule has 0 heterocycles. The molecule has 0 aliphatic heterocycles. The van der Waals surface area contributed by atoms with Crippen molar-refractivity contribution in [3.8, 4) is 5.75 Å². The highest BCUT2D eigenvalue weighted by atomic mass is 19.1. The van der Waals surface area contributed by atoms with Gasteiger partial charge in [0, 0.05) is 6.42 Å². The summed E-state index contributed by atoms with van der Waals surface area (Å²) in [7, 11) is 1.44. The zero-order valence-corrected chi connectivity index (χ0v) is 9.66. The summed E-state index contributed by atoms with van der Waals surface area (Å²) < 4.78 is 18.3. The molecule has 1 aliphatic carbocycles. The van der Waals surface area contributed by atoms with Gasteiger partial charge < -0.3 is 9.84 Å². The van der Waals surface area contributed by atoms with E-state index in [0.29, 0.717) is 12.3 Å². The summed E-state index contributed by atoms with van der Waals surface area (Å²) in [5, 5.41) is 10.1. The standard InChI is InChI=1S/C13H17FO2/c1-9-6-13(15,7-9)8-10-3-4-12(16-2)11(14)5-10/h3-5,9,15H,6-8H2,1-2H3. The number of aliphatic hydroxyl groups is 1. The van der Waals surface area contributed by atoms with Gasteiger partial charge in [-0.1, -0.05) is 13.0 Å². The van der Waals surface area contributed by atoms with Gasteiger partial charge in [-0.05, 0) is 36.5 Å². The summed E-state index contributed by atoms with van der Waals surface area (Å²) in [5.41, 5.74) is 0.202. The maximum atomic E-state index is 13.4. The van der Waals surface area contributed by atoms with E-state index in [-0.39, 0.29) is 11.6 Å². The van der Waals surface area contributed by atoms with Gasteiger partial charge in [0.2, 0.25) is 0 Å². The van der Waals surface area contributed by atoms with E-state index in [1.54, 1.807) is 6.07 Å². The zero-order valence-electron chi connectivity index (χ0n) is 9.66. The Morgan fingerprint density at radius 1 is 1.50 bits per heavy atom. The van der Waals surface area contributed by atoms with Crippen LogP contribution in [-0.2, 0) is 6.42 Å². The molecule has 88 valence electrons. The summed E-state index contributed by atoms with van der Waals surface area (Å²) in [5.74, 6) is 0.460. The molecule has 3 heteroatoms.